The van der Waals surface area contributed by atoms with E-state index in [2.05, 4.69) is 0 Å². The Morgan fingerprint density at radius 1 is 1.50 bits per heavy atom. The molecule has 4 heteroatoms. The largest absolute Gasteiger partial charge is 0.508 e. The minimum atomic E-state index is -0.910. The van der Waals surface area contributed by atoms with Gasteiger partial charge in [0.1, 0.15) is 11.6 Å². The Hall–Kier alpha value is -1.13. The van der Waals surface area contributed by atoms with Crippen molar-refractivity contribution >= 4 is 0 Å². The SMILES string of the molecule is CC(N)(CCO)c1ccc(O)cc1F. The van der Waals surface area contributed by atoms with Gasteiger partial charge in [-0.1, -0.05) is 6.07 Å². The van der Waals surface area contributed by atoms with Crippen molar-refractivity contribution in [2.24, 2.45) is 5.73 Å². The fraction of sp³-hybridized carbons (Fsp3) is 0.400. The highest BCUT2D eigenvalue weighted by atomic mass is 19.1. The summed E-state index contributed by atoms with van der Waals surface area (Å²) in [5.41, 5.74) is 5.20. The van der Waals surface area contributed by atoms with Crippen molar-refractivity contribution in [1.82, 2.24) is 0 Å². The fourth-order valence-corrected chi connectivity index (χ4v) is 1.33. The number of aromatic hydroxyl groups is 1. The van der Waals surface area contributed by atoms with Crippen molar-refractivity contribution in [3.63, 3.8) is 0 Å². The van der Waals surface area contributed by atoms with Crippen molar-refractivity contribution in [2.75, 3.05) is 6.61 Å². The molecule has 0 radical (unpaired) electrons. The highest BCUT2D eigenvalue weighted by Crippen LogP contribution is 2.26. The van der Waals surface area contributed by atoms with Gasteiger partial charge in [-0.15, -0.1) is 0 Å². The molecular weight excluding hydrogens is 185 g/mol. The summed E-state index contributed by atoms with van der Waals surface area (Å²) >= 11 is 0. The molecule has 1 aromatic carbocycles. The highest BCUT2D eigenvalue weighted by molar-refractivity contribution is 5.32. The van der Waals surface area contributed by atoms with E-state index in [1.807, 2.05) is 0 Å². The van der Waals surface area contributed by atoms with Crippen LogP contribution in [-0.4, -0.2) is 16.8 Å². The van der Waals surface area contributed by atoms with E-state index in [-0.39, 0.29) is 18.8 Å². The smallest absolute Gasteiger partial charge is 0.131 e. The molecule has 0 aliphatic carbocycles. The van der Waals surface area contributed by atoms with Crippen LogP contribution >= 0.6 is 0 Å². The molecule has 78 valence electrons. The van der Waals surface area contributed by atoms with Gasteiger partial charge in [-0.05, 0) is 19.4 Å². The van der Waals surface area contributed by atoms with Crippen LogP contribution in [-0.2, 0) is 5.54 Å². The molecule has 1 aromatic rings. The van der Waals surface area contributed by atoms with E-state index in [0.717, 1.165) is 6.07 Å². The molecule has 0 bridgehead atoms. The maximum absolute atomic E-state index is 13.3. The number of phenolic OH excluding ortho intramolecular Hbond substituents is 1. The molecule has 14 heavy (non-hydrogen) atoms. The van der Waals surface area contributed by atoms with E-state index in [1.54, 1.807) is 6.92 Å². The molecule has 0 aliphatic rings. The number of benzene rings is 1. The summed E-state index contributed by atoms with van der Waals surface area (Å²) in [6.07, 6.45) is 0.273. The molecule has 0 aromatic heterocycles. The lowest BCUT2D eigenvalue weighted by molar-refractivity contribution is 0.244. The first-order valence-corrected chi connectivity index (χ1v) is 4.36. The van der Waals surface area contributed by atoms with Crippen LogP contribution < -0.4 is 5.73 Å². The fourth-order valence-electron chi connectivity index (χ4n) is 1.33. The summed E-state index contributed by atoms with van der Waals surface area (Å²) in [7, 11) is 0. The van der Waals surface area contributed by atoms with Crippen LogP contribution in [0, 0.1) is 5.82 Å². The summed E-state index contributed by atoms with van der Waals surface area (Å²) in [6, 6.07) is 3.82. The predicted octanol–water partition coefficient (Wildman–Crippen LogP) is 1.09. The summed E-state index contributed by atoms with van der Waals surface area (Å²) in [5, 5.41) is 17.8. The van der Waals surface area contributed by atoms with Gasteiger partial charge in [0, 0.05) is 23.8 Å². The monoisotopic (exact) mass is 199 g/mol. The zero-order valence-electron chi connectivity index (χ0n) is 8.00. The Kier molecular flexibility index (Phi) is 3.08. The maximum atomic E-state index is 13.3. The molecule has 0 fully saturated rings. The van der Waals surface area contributed by atoms with E-state index in [4.69, 9.17) is 15.9 Å². The Morgan fingerprint density at radius 3 is 2.64 bits per heavy atom. The summed E-state index contributed by atoms with van der Waals surface area (Å²) < 4.78 is 13.3. The number of halogens is 1. The minimum Gasteiger partial charge on any atom is -0.508 e. The van der Waals surface area contributed by atoms with Gasteiger partial charge in [0.2, 0.25) is 0 Å². The second-order valence-corrected chi connectivity index (χ2v) is 3.56. The van der Waals surface area contributed by atoms with Gasteiger partial charge in [0.05, 0.1) is 0 Å². The lowest BCUT2D eigenvalue weighted by Gasteiger charge is -2.24. The average molecular weight is 199 g/mol. The van der Waals surface area contributed by atoms with E-state index in [1.165, 1.54) is 12.1 Å². The molecule has 4 N–H and O–H groups in total. The van der Waals surface area contributed by atoms with Gasteiger partial charge >= 0.3 is 0 Å². The van der Waals surface area contributed by atoms with Crippen LogP contribution in [0.4, 0.5) is 4.39 Å². The van der Waals surface area contributed by atoms with Crippen molar-refractivity contribution in [2.45, 2.75) is 18.9 Å². The van der Waals surface area contributed by atoms with Crippen LogP contribution in [0.15, 0.2) is 18.2 Å². The zero-order valence-corrected chi connectivity index (χ0v) is 8.00. The lowest BCUT2D eigenvalue weighted by Crippen LogP contribution is -2.35. The molecular formula is C10H14FNO2. The number of hydrogen-bond acceptors (Lipinski definition) is 3. The van der Waals surface area contributed by atoms with Crippen molar-refractivity contribution in [3.05, 3.63) is 29.6 Å². The van der Waals surface area contributed by atoms with E-state index in [0.29, 0.717) is 5.56 Å². The van der Waals surface area contributed by atoms with Crippen LogP contribution in [0.1, 0.15) is 18.9 Å². The Balaban J connectivity index is 3.06. The van der Waals surface area contributed by atoms with Crippen LogP contribution in [0.5, 0.6) is 5.75 Å². The van der Waals surface area contributed by atoms with Crippen molar-refractivity contribution in [1.29, 1.82) is 0 Å². The van der Waals surface area contributed by atoms with E-state index >= 15 is 0 Å². The number of phenols is 1. The van der Waals surface area contributed by atoms with Gasteiger partial charge < -0.3 is 15.9 Å². The molecule has 0 saturated carbocycles. The van der Waals surface area contributed by atoms with Crippen LogP contribution in [0.25, 0.3) is 0 Å². The third-order valence-electron chi connectivity index (χ3n) is 2.20. The van der Waals surface area contributed by atoms with E-state index < -0.39 is 11.4 Å². The number of nitrogens with two attached hydrogens (primary N) is 1. The highest BCUT2D eigenvalue weighted by Gasteiger charge is 2.24. The molecule has 3 nitrogen and oxygen atoms in total. The summed E-state index contributed by atoms with van der Waals surface area (Å²) in [5.74, 6) is -0.686. The summed E-state index contributed by atoms with van der Waals surface area (Å²) in [4.78, 5) is 0. The van der Waals surface area contributed by atoms with Crippen molar-refractivity contribution < 1.29 is 14.6 Å². The molecule has 0 aliphatic heterocycles. The van der Waals surface area contributed by atoms with Crippen LogP contribution in [0.2, 0.25) is 0 Å². The average Bonchev–Trinajstić information content (AvgIpc) is 2.02. The number of aliphatic hydroxyl groups is 1. The summed E-state index contributed by atoms with van der Waals surface area (Å²) in [6.45, 7) is 1.53. The normalized spacial score (nSPS) is 15.1. The van der Waals surface area contributed by atoms with Gasteiger partial charge in [-0.2, -0.15) is 0 Å². The predicted molar refractivity (Wildman–Crippen MR) is 51.3 cm³/mol. The molecule has 1 unspecified atom stereocenters. The number of rotatable bonds is 3. The quantitative estimate of drug-likeness (QED) is 0.682. The van der Waals surface area contributed by atoms with Crippen LogP contribution in [0.3, 0.4) is 0 Å². The second kappa shape index (κ2) is 3.94. The Bertz CT molecular complexity index is 326. The number of hydrogen-bond donors (Lipinski definition) is 3. The zero-order chi connectivity index (χ0) is 10.8. The maximum Gasteiger partial charge on any atom is 0.131 e. The molecule has 0 saturated heterocycles. The van der Waals surface area contributed by atoms with Gasteiger partial charge in [-0.25, -0.2) is 4.39 Å². The first-order chi connectivity index (χ1) is 6.47. The first kappa shape index (κ1) is 10.9. The molecule has 1 atom stereocenters. The molecule has 0 spiro atoms. The number of aliphatic hydroxyl groups excluding tert-OH is 1. The van der Waals surface area contributed by atoms with Crippen molar-refractivity contribution in [3.8, 4) is 5.75 Å². The lowest BCUT2D eigenvalue weighted by atomic mass is 9.89. The van der Waals surface area contributed by atoms with Gasteiger partial charge in [-0.3, -0.25) is 0 Å². The third-order valence-corrected chi connectivity index (χ3v) is 2.20. The molecule has 0 heterocycles. The Morgan fingerprint density at radius 2 is 2.14 bits per heavy atom. The molecule has 0 amide bonds. The first-order valence-electron chi connectivity index (χ1n) is 4.36. The Labute approximate surface area is 82.0 Å². The minimum absolute atomic E-state index is 0.104. The molecule has 1 rings (SSSR count). The van der Waals surface area contributed by atoms with Gasteiger partial charge in [0.25, 0.3) is 0 Å². The van der Waals surface area contributed by atoms with Gasteiger partial charge in [0.15, 0.2) is 0 Å². The third kappa shape index (κ3) is 2.21. The topological polar surface area (TPSA) is 66.5 Å². The second-order valence-electron chi connectivity index (χ2n) is 3.56. The van der Waals surface area contributed by atoms with E-state index in [9.17, 15) is 4.39 Å². The standard InChI is InChI=1S/C10H14FNO2/c1-10(12,4-5-13)8-3-2-7(14)6-9(8)11/h2-3,6,13-14H,4-5,12H2,1H3.